The summed E-state index contributed by atoms with van der Waals surface area (Å²) in [6.45, 7) is 5.01. The molecule has 0 spiro atoms. The minimum atomic E-state index is -1.81. The number of ether oxygens (including phenoxy) is 2. The fourth-order valence-electron chi connectivity index (χ4n) is 2.02. The molecule has 0 unspecified atom stereocenters. The first kappa shape index (κ1) is 16.9. The molecule has 1 aromatic carbocycles. The highest BCUT2D eigenvalue weighted by Gasteiger charge is 2.27. The maximum Gasteiger partial charge on any atom is 0.307 e. The van der Waals surface area contributed by atoms with Crippen molar-refractivity contribution in [2.24, 2.45) is 0 Å². The zero-order valence-corrected chi connectivity index (χ0v) is 13.3. The van der Waals surface area contributed by atoms with Gasteiger partial charge in [-0.2, -0.15) is 8.78 Å². The molecule has 0 bridgehead atoms. The zero-order chi connectivity index (χ0) is 16.9. The minimum absolute atomic E-state index is 0.117. The van der Waals surface area contributed by atoms with Gasteiger partial charge >= 0.3 is 6.08 Å². The molecule has 0 saturated carbocycles. The summed E-state index contributed by atoms with van der Waals surface area (Å²) in [5, 5.41) is 0. The Morgan fingerprint density at radius 1 is 1.04 bits per heavy atom. The number of para-hydroxylation sites is 1. The standard InChI is InChI=1S/C18H19F2NO2/c1-4-14(17(19)20)23-18(2,3)15-11-8-12-16(21-15)22-13-9-6-5-7-10-13/h5-12H,4H2,1-3H3. The number of aromatic nitrogens is 1. The van der Waals surface area contributed by atoms with Gasteiger partial charge in [-0.3, -0.25) is 0 Å². The SMILES string of the molecule is CCC(OC(C)(C)c1cccc(Oc2ccccc2)n1)=C(F)F. The van der Waals surface area contributed by atoms with Gasteiger partial charge in [0.2, 0.25) is 5.88 Å². The first-order valence-corrected chi connectivity index (χ1v) is 7.36. The molecule has 0 aliphatic carbocycles. The van der Waals surface area contributed by atoms with Crippen LogP contribution in [0.25, 0.3) is 0 Å². The van der Waals surface area contributed by atoms with Gasteiger partial charge in [-0.15, -0.1) is 0 Å². The van der Waals surface area contributed by atoms with E-state index in [9.17, 15) is 8.78 Å². The van der Waals surface area contributed by atoms with Crippen LogP contribution in [0.15, 0.2) is 60.4 Å². The van der Waals surface area contributed by atoms with Crippen LogP contribution in [-0.2, 0) is 10.3 Å². The second-order valence-corrected chi connectivity index (χ2v) is 5.43. The van der Waals surface area contributed by atoms with Crippen LogP contribution in [0.1, 0.15) is 32.9 Å². The Balaban J connectivity index is 2.23. The molecular formula is C18H19F2NO2. The third-order valence-corrected chi connectivity index (χ3v) is 3.22. The van der Waals surface area contributed by atoms with E-state index < -0.39 is 11.7 Å². The molecular weight excluding hydrogens is 300 g/mol. The predicted octanol–water partition coefficient (Wildman–Crippen LogP) is 5.64. The Morgan fingerprint density at radius 2 is 1.74 bits per heavy atom. The van der Waals surface area contributed by atoms with Crippen molar-refractivity contribution in [3.05, 3.63) is 66.1 Å². The smallest absolute Gasteiger partial charge is 0.307 e. The summed E-state index contributed by atoms with van der Waals surface area (Å²) in [7, 11) is 0. The summed E-state index contributed by atoms with van der Waals surface area (Å²) in [6, 6.07) is 14.4. The van der Waals surface area contributed by atoms with Crippen molar-refractivity contribution < 1.29 is 18.3 Å². The molecule has 0 aliphatic rings. The lowest BCUT2D eigenvalue weighted by Gasteiger charge is -2.27. The average molecular weight is 319 g/mol. The molecule has 0 aliphatic heterocycles. The fraction of sp³-hybridized carbons (Fsp3) is 0.278. The summed E-state index contributed by atoms with van der Waals surface area (Å²) in [6.07, 6.45) is -1.69. The summed E-state index contributed by atoms with van der Waals surface area (Å²) < 4.78 is 36.8. The van der Waals surface area contributed by atoms with Gasteiger partial charge in [0, 0.05) is 12.5 Å². The number of hydrogen-bond acceptors (Lipinski definition) is 3. The van der Waals surface area contributed by atoms with Gasteiger partial charge in [-0.05, 0) is 32.0 Å². The van der Waals surface area contributed by atoms with E-state index in [0.29, 0.717) is 17.3 Å². The lowest BCUT2D eigenvalue weighted by atomic mass is 10.0. The van der Waals surface area contributed by atoms with Gasteiger partial charge in [0.1, 0.15) is 11.4 Å². The Hall–Kier alpha value is -2.43. The lowest BCUT2D eigenvalue weighted by Crippen LogP contribution is -2.23. The van der Waals surface area contributed by atoms with E-state index in [2.05, 4.69) is 4.98 Å². The molecule has 122 valence electrons. The number of hydrogen-bond donors (Lipinski definition) is 0. The monoisotopic (exact) mass is 319 g/mol. The quantitative estimate of drug-likeness (QED) is 0.645. The van der Waals surface area contributed by atoms with E-state index in [1.54, 1.807) is 39.0 Å². The first-order chi connectivity index (χ1) is 10.9. The molecule has 1 aromatic heterocycles. The molecule has 3 nitrogen and oxygen atoms in total. The Labute approximate surface area is 134 Å². The van der Waals surface area contributed by atoms with Crippen LogP contribution in [0.5, 0.6) is 11.6 Å². The molecule has 5 heteroatoms. The van der Waals surface area contributed by atoms with E-state index in [4.69, 9.17) is 9.47 Å². The highest BCUT2D eigenvalue weighted by molar-refractivity contribution is 5.28. The topological polar surface area (TPSA) is 31.4 Å². The molecule has 23 heavy (non-hydrogen) atoms. The fourth-order valence-corrected chi connectivity index (χ4v) is 2.02. The van der Waals surface area contributed by atoms with E-state index in [1.807, 2.05) is 30.3 Å². The van der Waals surface area contributed by atoms with E-state index in [1.165, 1.54) is 0 Å². The van der Waals surface area contributed by atoms with Crippen molar-refractivity contribution in [2.45, 2.75) is 32.8 Å². The number of nitrogens with zero attached hydrogens (tertiary/aromatic N) is 1. The zero-order valence-electron chi connectivity index (χ0n) is 13.3. The molecule has 0 atom stereocenters. The molecule has 0 N–H and O–H groups in total. The number of halogens is 2. The van der Waals surface area contributed by atoms with Gasteiger partial charge in [-0.25, -0.2) is 4.98 Å². The largest absolute Gasteiger partial charge is 0.480 e. The molecule has 2 rings (SSSR count). The maximum atomic E-state index is 12.8. The number of rotatable bonds is 6. The van der Waals surface area contributed by atoms with E-state index in [-0.39, 0.29) is 12.2 Å². The summed E-state index contributed by atoms with van der Waals surface area (Å²) in [5.74, 6) is 0.708. The Bertz CT molecular complexity index is 680. The Morgan fingerprint density at radius 3 is 2.35 bits per heavy atom. The molecule has 0 radical (unpaired) electrons. The van der Waals surface area contributed by atoms with E-state index >= 15 is 0 Å². The molecule has 0 amide bonds. The van der Waals surface area contributed by atoms with Gasteiger partial charge in [0.15, 0.2) is 5.76 Å². The van der Waals surface area contributed by atoms with Crippen LogP contribution >= 0.6 is 0 Å². The van der Waals surface area contributed by atoms with Crippen LogP contribution < -0.4 is 4.74 Å². The second-order valence-electron chi connectivity index (χ2n) is 5.43. The van der Waals surface area contributed by atoms with Crippen molar-refractivity contribution in [3.63, 3.8) is 0 Å². The van der Waals surface area contributed by atoms with Gasteiger partial charge < -0.3 is 9.47 Å². The summed E-state index contributed by atoms with van der Waals surface area (Å²) in [5.41, 5.74) is -0.483. The third kappa shape index (κ3) is 4.52. The predicted molar refractivity (Wildman–Crippen MR) is 84.4 cm³/mol. The van der Waals surface area contributed by atoms with E-state index in [0.717, 1.165) is 0 Å². The maximum absolute atomic E-state index is 12.8. The molecule has 2 aromatic rings. The van der Waals surface area contributed by atoms with Crippen molar-refractivity contribution in [1.82, 2.24) is 4.98 Å². The first-order valence-electron chi connectivity index (χ1n) is 7.36. The van der Waals surface area contributed by atoms with Crippen molar-refractivity contribution in [2.75, 3.05) is 0 Å². The van der Waals surface area contributed by atoms with Crippen molar-refractivity contribution in [1.29, 1.82) is 0 Å². The Kier molecular flexibility index (Phi) is 5.32. The molecule has 1 heterocycles. The van der Waals surface area contributed by atoms with Crippen LogP contribution in [-0.4, -0.2) is 4.98 Å². The van der Waals surface area contributed by atoms with Crippen LogP contribution in [0.3, 0.4) is 0 Å². The number of pyridine rings is 1. The molecule has 0 saturated heterocycles. The normalized spacial score (nSPS) is 11.0. The average Bonchev–Trinajstić information content (AvgIpc) is 2.53. The highest BCUT2D eigenvalue weighted by Crippen LogP contribution is 2.30. The second kappa shape index (κ2) is 7.22. The minimum Gasteiger partial charge on any atom is -0.480 e. The van der Waals surface area contributed by atoms with Crippen molar-refractivity contribution in [3.8, 4) is 11.6 Å². The third-order valence-electron chi connectivity index (χ3n) is 3.22. The summed E-state index contributed by atoms with van der Waals surface area (Å²) in [4.78, 5) is 4.37. The lowest BCUT2D eigenvalue weighted by molar-refractivity contribution is 0.0139. The van der Waals surface area contributed by atoms with Gasteiger partial charge in [0.25, 0.3) is 0 Å². The number of benzene rings is 1. The summed E-state index contributed by atoms with van der Waals surface area (Å²) >= 11 is 0. The van der Waals surface area contributed by atoms with Gasteiger partial charge in [0.05, 0.1) is 5.69 Å². The van der Waals surface area contributed by atoms with Crippen LogP contribution in [0.4, 0.5) is 8.78 Å². The van der Waals surface area contributed by atoms with Crippen LogP contribution in [0.2, 0.25) is 0 Å². The number of allylic oxidation sites excluding steroid dienone is 1. The van der Waals surface area contributed by atoms with Crippen molar-refractivity contribution >= 4 is 0 Å². The molecule has 0 fully saturated rings. The van der Waals surface area contributed by atoms with Crippen LogP contribution in [0, 0.1) is 0 Å². The highest BCUT2D eigenvalue weighted by atomic mass is 19.3. The van der Waals surface area contributed by atoms with Gasteiger partial charge in [-0.1, -0.05) is 31.2 Å².